The Hall–Kier alpha value is -3.42. The molecule has 0 unspecified atom stereocenters. The number of rotatable bonds is 7. The molecule has 1 aromatic carbocycles. The fraction of sp³-hybridized carbons (Fsp3) is 0.263. The van der Waals surface area contributed by atoms with Crippen molar-refractivity contribution in [3.8, 4) is 5.75 Å². The van der Waals surface area contributed by atoms with E-state index in [1.165, 1.54) is 0 Å². The van der Waals surface area contributed by atoms with Gasteiger partial charge in [0.05, 0.1) is 11.3 Å². The highest BCUT2D eigenvalue weighted by molar-refractivity contribution is 5.97. The van der Waals surface area contributed by atoms with E-state index in [2.05, 4.69) is 15.4 Å². The number of carboxylic acids is 1. The highest BCUT2D eigenvalue weighted by Crippen LogP contribution is 2.16. The van der Waals surface area contributed by atoms with Gasteiger partial charge in [0.15, 0.2) is 12.3 Å². The summed E-state index contributed by atoms with van der Waals surface area (Å²) < 4.78 is 6.78. The molecule has 0 fully saturated rings. The molecule has 3 aromatic rings. The number of amides is 1. The van der Waals surface area contributed by atoms with Gasteiger partial charge in [0.2, 0.25) is 0 Å². The van der Waals surface area contributed by atoms with Crippen LogP contribution >= 0.6 is 0 Å². The summed E-state index contributed by atoms with van der Waals surface area (Å²) in [5.74, 6) is -0.707. The average Bonchev–Trinajstić information content (AvgIpc) is 2.94. The summed E-state index contributed by atoms with van der Waals surface area (Å²) in [5.41, 5.74) is 3.08. The number of carboxylic acid groups (broad SMARTS) is 1. The zero-order valence-corrected chi connectivity index (χ0v) is 15.1. The summed E-state index contributed by atoms with van der Waals surface area (Å²) in [6.07, 6.45) is 2.19. The number of aliphatic carboxylic acids is 1. The number of aromatic nitrogens is 3. The molecule has 3 rings (SSSR count). The highest BCUT2D eigenvalue weighted by Gasteiger charge is 2.11. The molecule has 0 radical (unpaired) electrons. The molecule has 1 amide bonds. The van der Waals surface area contributed by atoms with Gasteiger partial charge < -0.3 is 15.2 Å². The molecule has 0 saturated carbocycles. The van der Waals surface area contributed by atoms with E-state index in [0.29, 0.717) is 24.3 Å². The molecule has 0 atom stereocenters. The molecule has 0 saturated heterocycles. The monoisotopic (exact) mass is 368 g/mol. The molecule has 2 heterocycles. The molecule has 0 spiro atoms. The minimum absolute atomic E-state index is 0.186. The van der Waals surface area contributed by atoms with Crippen molar-refractivity contribution in [2.24, 2.45) is 7.05 Å². The average molecular weight is 368 g/mol. The number of pyridine rings is 1. The minimum Gasteiger partial charge on any atom is -0.482 e. The van der Waals surface area contributed by atoms with Crippen LogP contribution in [0.25, 0.3) is 11.0 Å². The normalized spacial score (nSPS) is 10.7. The van der Waals surface area contributed by atoms with E-state index in [9.17, 15) is 9.59 Å². The molecular formula is C19H20N4O4. The summed E-state index contributed by atoms with van der Waals surface area (Å²) in [4.78, 5) is 27.1. The predicted molar refractivity (Wildman–Crippen MR) is 98.9 cm³/mol. The first-order chi connectivity index (χ1) is 12.9. The van der Waals surface area contributed by atoms with Crippen LogP contribution in [0.15, 0.2) is 36.5 Å². The van der Waals surface area contributed by atoms with Crippen molar-refractivity contribution in [2.45, 2.75) is 13.3 Å². The number of aryl methyl sites for hydroxylation is 2. The lowest BCUT2D eigenvalue weighted by molar-refractivity contribution is -0.139. The Labute approximate surface area is 155 Å². The summed E-state index contributed by atoms with van der Waals surface area (Å²) in [7, 11) is 1.82. The van der Waals surface area contributed by atoms with Crippen LogP contribution in [0, 0.1) is 6.92 Å². The first-order valence-electron chi connectivity index (χ1n) is 8.45. The molecule has 0 aliphatic heterocycles. The predicted octanol–water partition coefficient (Wildman–Crippen LogP) is 1.71. The van der Waals surface area contributed by atoms with Crippen molar-refractivity contribution in [2.75, 3.05) is 13.2 Å². The van der Waals surface area contributed by atoms with Crippen molar-refractivity contribution in [3.05, 3.63) is 53.3 Å². The van der Waals surface area contributed by atoms with Crippen LogP contribution in [-0.2, 0) is 18.3 Å². The number of benzene rings is 1. The van der Waals surface area contributed by atoms with Crippen LogP contribution in [0.5, 0.6) is 5.75 Å². The van der Waals surface area contributed by atoms with Gasteiger partial charge in [-0.15, -0.1) is 0 Å². The maximum absolute atomic E-state index is 12.3. The fourth-order valence-electron chi connectivity index (χ4n) is 2.75. The molecular weight excluding hydrogens is 348 g/mol. The van der Waals surface area contributed by atoms with Gasteiger partial charge in [-0.3, -0.25) is 9.48 Å². The zero-order chi connectivity index (χ0) is 19.4. The second-order valence-electron chi connectivity index (χ2n) is 6.14. The number of nitrogens with one attached hydrogen (secondary N) is 1. The number of carbonyl (C=O) groups excluding carboxylic acids is 1. The lowest BCUT2D eigenvalue weighted by Gasteiger charge is -2.07. The van der Waals surface area contributed by atoms with Gasteiger partial charge in [0.1, 0.15) is 5.75 Å². The summed E-state index contributed by atoms with van der Waals surface area (Å²) in [6.45, 7) is 1.98. The van der Waals surface area contributed by atoms with Crippen LogP contribution in [0.1, 0.15) is 21.6 Å². The molecule has 8 heteroatoms. The molecule has 2 aromatic heterocycles. The molecule has 140 valence electrons. The van der Waals surface area contributed by atoms with Crippen LogP contribution in [0.2, 0.25) is 0 Å². The topological polar surface area (TPSA) is 106 Å². The van der Waals surface area contributed by atoms with E-state index in [0.717, 1.165) is 22.3 Å². The highest BCUT2D eigenvalue weighted by atomic mass is 16.5. The van der Waals surface area contributed by atoms with Crippen molar-refractivity contribution >= 4 is 22.9 Å². The Morgan fingerprint density at radius 3 is 2.70 bits per heavy atom. The second kappa shape index (κ2) is 7.86. The quantitative estimate of drug-likeness (QED) is 0.658. The first-order valence-corrected chi connectivity index (χ1v) is 8.45. The van der Waals surface area contributed by atoms with Crippen molar-refractivity contribution in [1.29, 1.82) is 0 Å². The smallest absolute Gasteiger partial charge is 0.341 e. The molecule has 0 aliphatic carbocycles. The SMILES string of the molecule is Cc1nn(C)c2ncc(C(=O)NCCc3ccc(OCC(=O)O)cc3)cc12. The summed E-state index contributed by atoms with van der Waals surface area (Å²) in [6, 6.07) is 8.91. The third kappa shape index (κ3) is 4.41. The van der Waals surface area contributed by atoms with Crippen molar-refractivity contribution in [3.63, 3.8) is 0 Å². The van der Waals surface area contributed by atoms with E-state index in [1.54, 1.807) is 29.1 Å². The largest absolute Gasteiger partial charge is 0.482 e. The van der Waals surface area contributed by atoms with Gasteiger partial charge in [-0.25, -0.2) is 9.78 Å². The Morgan fingerprint density at radius 1 is 1.26 bits per heavy atom. The van der Waals surface area contributed by atoms with Gasteiger partial charge >= 0.3 is 5.97 Å². The van der Waals surface area contributed by atoms with Gasteiger partial charge in [-0.1, -0.05) is 12.1 Å². The fourth-order valence-corrected chi connectivity index (χ4v) is 2.75. The molecule has 27 heavy (non-hydrogen) atoms. The number of carbonyl (C=O) groups is 2. The van der Waals surface area contributed by atoms with Crippen LogP contribution in [0.3, 0.4) is 0 Å². The lowest BCUT2D eigenvalue weighted by atomic mass is 10.1. The summed E-state index contributed by atoms with van der Waals surface area (Å²) in [5, 5.41) is 16.6. The number of fused-ring (bicyclic) bond motifs is 1. The van der Waals surface area contributed by atoms with Crippen molar-refractivity contribution in [1.82, 2.24) is 20.1 Å². The lowest BCUT2D eigenvalue weighted by Crippen LogP contribution is -2.25. The number of nitrogens with zero attached hydrogens (tertiary/aromatic N) is 3. The van der Waals surface area contributed by atoms with E-state index >= 15 is 0 Å². The Morgan fingerprint density at radius 2 is 2.00 bits per heavy atom. The molecule has 2 N–H and O–H groups in total. The Bertz CT molecular complexity index is 979. The summed E-state index contributed by atoms with van der Waals surface area (Å²) >= 11 is 0. The maximum atomic E-state index is 12.3. The number of ether oxygens (including phenoxy) is 1. The molecule has 8 nitrogen and oxygen atoms in total. The van der Waals surface area contributed by atoms with Crippen molar-refractivity contribution < 1.29 is 19.4 Å². The van der Waals surface area contributed by atoms with Gasteiger partial charge in [-0.2, -0.15) is 5.10 Å². The van der Waals surface area contributed by atoms with Crippen LogP contribution in [0.4, 0.5) is 0 Å². The third-order valence-electron chi connectivity index (χ3n) is 4.11. The molecule has 0 aliphatic rings. The zero-order valence-electron chi connectivity index (χ0n) is 15.1. The Balaban J connectivity index is 1.55. The van der Waals surface area contributed by atoms with Crippen LogP contribution < -0.4 is 10.1 Å². The van der Waals surface area contributed by atoms with E-state index in [4.69, 9.17) is 9.84 Å². The van der Waals surface area contributed by atoms with Gasteiger partial charge in [0, 0.05) is 25.2 Å². The maximum Gasteiger partial charge on any atom is 0.341 e. The second-order valence-corrected chi connectivity index (χ2v) is 6.14. The van der Waals surface area contributed by atoms with Crippen LogP contribution in [-0.4, -0.2) is 44.9 Å². The molecule has 0 bridgehead atoms. The standard InChI is InChI=1S/C19H20N4O4/c1-12-16-9-14(10-21-18(16)23(2)22-12)19(26)20-8-7-13-3-5-15(6-4-13)27-11-17(24)25/h3-6,9-10H,7-8,11H2,1-2H3,(H,20,26)(H,24,25). The van der Waals surface area contributed by atoms with E-state index in [-0.39, 0.29) is 12.5 Å². The van der Waals surface area contributed by atoms with Gasteiger partial charge in [-0.05, 0) is 37.1 Å². The van der Waals surface area contributed by atoms with E-state index in [1.807, 2.05) is 26.1 Å². The Kier molecular flexibility index (Phi) is 5.35. The van der Waals surface area contributed by atoms with Gasteiger partial charge in [0.25, 0.3) is 5.91 Å². The minimum atomic E-state index is -1.02. The number of hydrogen-bond donors (Lipinski definition) is 2. The number of hydrogen-bond acceptors (Lipinski definition) is 5. The van der Waals surface area contributed by atoms with E-state index < -0.39 is 5.97 Å². The first kappa shape index (κ1) is 18.4. The third-order valence-corrected chi connectivity index (χ3v) is 4.11.